The first kappa shape index (κ1) is 13.4. The Kier molecular flexibility index (Phi) is 4.02. The van der Waals surface area contributed by atoms with E-state index in [1.54, 1.807) is 20.1 Å². The number of nitrogen functional groups attached to an aromatic ring is 1. The zero-order valence-corrected chi connectivity index (χ0v) is 10.9. The van der Waals surface area contributed by atoms with Crippen LogP contribution in [0.3, 0.4) is 0 Å². The smallest absolute Gasteiger partial charge is 0.150 e. The van der Waals surface area contributed by atoms with Crippen LogP contribution in [-0.2, 0) is 11.3 Å². The molecule has 0 aliphatic rings. The van der Waals surface area contributed by atoms with E-state index in [-0.39, 0.29) is 11.5 Å². The molecule has 100 valence electrons. The van der Waals surface area contributed by atoms with Gasteiger partial charge in [0.05, 0.1) is 12.3 Å². The predicted molar refractivity (Wildman–Crippen MR) is 72.8 cm³/mol. The van der Waals surface area contributed by atoms with Crippen molar-refractivity contribution in [3.05, 3.63) is 53.3 Å². The molecule has 2 rings (SSSR count). The van der Waals surface area contributed by atoms with E-state index in [0.29, 0.717) is 23.7 Å². The Bertz CT molecular complexity index is 584. The molecule has 0 aliphatic carbocycles. The lowest BCUT2D eigenvalue weighted by Crippen LogP contribution is -1.96. The van der Waals surface area contributed by atoms with Crippen LogP contribution in [0.4, 0.5) is 10.1 Å². The van der Waals surface area contributed by atoms with Crippen LogP contribution in [0.25, 0.3) is 0 Å². The minimum atomic E-state index is -0.335. The quantitative estimate of drug-likeness (QED) is 0.854. The van der Waals surface area contributed by atoms with Crippen molar-refractivity contribution in [2.45, 2.75) is 13.5 Å². The lowest BCUT2D eigenvalue weighted by atomic mass is 10.2. The normalized spacial score (nSPS) is 10.5. The molecule has 0 heterocycles. The van der Waals surface area contributed by atoms with Crippen molar-refractivity contribution in [2.24, 2.45) is 0 Å². The van der Waals surface area contributed by atoms with Crippen molar-refractivity contribution in [1.82, 2.24) is 0 Å². The Hall–Kier alpha value is -2.07. The van der Waals surface area contributed by atoms with E-state index in [2.05, 4.69) is 0 Å². The number of benzene rings is 2. The number of hydrogen-bond acceptors (Lipinski definition) is 3. The third kappa shape index (κ3) is 3.23. The van der Waals surface area contributed by atoms with Gasteiger partial charge >= 0.3 is 0 Å². The van der Waals surface area contributed by atoms with Gasteiger partial charge in [0.1, 0.15) is 11.6 Å². The molecule has 0 aliphatic heterocycles. The van der Waals surface area contributed by atoms with E-state index in [0.717, 1.165) is 5.56 Å². The summed E-state index contributed by atoms with van der Waals surface area (Å²) >= 11 is 0. The molecule has 0 spiro atoms. The Balaban J connectivity index is 2.25. The molecule has 0 amide bonds. The summed E-state index contributed by atoms with van der Waals surface area (Å²) in [5.41, 5.74) is 7.52. The Morgan fingerprint density at radius 2 is 2.00 bits per heavy atom. The maximum atomic E-state index is 13.3. The molecule has 0 saturated carbocycles. The van der Waals surface area contributed by atoms with Gasteiger partial charge in [-0.05, 0) is 36.2 Å². The van der Waals surface area contributed by atoms with Gasteiger partial charge in [-0.15, -0.1) is 0 Å². The zero-order valence-electron chi connectivity index (χ0n) is 10.9. The summed E-state index contributed by atoms with van der Waals surface area (Å²) in [5, 5.41) is 0. The summed E-state index contributed by atoms with van der Waals surface area (Å²) in [7, 11) is 1.63. The number of nitrogens with two attached hydrogens (primary N) is 1. The number of aryl methyl sites for hydroxylation is 1. The van der Waals surface area contributed by atoms with E-state index >= 15 is 0 Å². The summed E-state index contributed by atoms with van der Waals surface area (Å²) in [6.07, 6.45) is 0. The van der Waals surface area contributed by atoms with Crippen molar-refractivity contribution in [1.29, 1.82) is 0 Å². The molecule has 0 aromatic heterocycles. The van der Waals surface area contributed by atoms with Gasteiger partial charge in [-0.2, -0.15) is 0 Å². The first-order chi connectivity index (χ1) is 9.10. The van der Waals surface area contributed by atoms with E-state index in [4.69, 9.17) is 15.2 Å². The third-order valence-corrected chi connectivity index (χ3v) is 2.73. The van der Waals surface area contributed by atoms with Crippen LogP contribution in [0, 0.1) is 12.7 Å². The molecule has 0 saturated heterocycles. The third-order valence-electron chi connectivity index (χ3n) is 2.73. The van der Waals surface area contributed by atoms with Crippen molar-refractivity contribution in [2.75, 3.05) is 12.8 Å². The summed E-state index contributed by atoms with van der Waals surface area (Å²) in [6, 6.07) is 10.3. The SMILES string of the molecule is COCc1cccc(Oc2cc(C)c(F)cc2N)c1. The molecular formula is C15H16FNO2. The second kappa shape index (κ2) is 5.71. The average Bonchev–Trinajstić information content (AvgIpc) is 2.37. The largest absolute Gasteiger partial charge is 0.455 e. The van der Waals surface area contributed by atoms with E-state index in [1.807, 2.05) is 24.3 Å². The highest BCUT2D eigenvalue weighted by atomic mass is 19.1. The highest BCUT2D eigenvalue weighted by Gasteiger charge is 2.07. The minimum absolute atomic E-state index is 0.278. The van der Waals surface area contributed by atoms with Crippen LogP contribution in [0.15, 0.2) is 36.4 Å². The van der Waals surface area contributed by atoms with Gasteiger partial charge in [-0.1, -0.05) is 12.1 Å². The zero-order chi connectivity index (χ0) is 13.8. The fourth-order valence-corrected chi connectivity index (χ4v) is 1.75. The molecule has 19 heavy (non-hydrogen) atoms. The number of halogens is 1. The highest BCUT2D eigenvalue weighted by Crippen LogP contribution is 2.30. The maximum absolute atomic E-state index is 13.3. The number of hydrogen-bond donors (Lipinski definition) is 1. The number of ether oxygens (including phenoxy) is 2. The van der Waals surface area contributed by atoms with E-state index in [9.17, 15) is 4.39 Å². The molecule has 0 fully saturated rings. The van der Waals surface area contributed by atoms with Crippen LogP contribution in [0.1, 0.15) is 11.1 Å². The van der Waals surface area contributed by atoms with Crippen LogP contribution in [0.2, 0.25) is 0 Å². The van der Waals surface area contributed by atoms with Gasteiger partial charge in [0.25, 0.3) is 0 Å². The van der Waals surface area contributed by atoms with Crippen molar-refractivity contribution < 1.29 is 13.9 Å². The van der Waals surface area contributed by atoms with E-state index < -0.39 is 0 Å². The summed E-state index contributed by atoms with van der Waals surface area (Å²) in [5.74, 6) is 0.763. The molecule has 0 radical (unpaired) electrons. The highest BCUT2D eigenvalue weighted by molar-refractivity contribution is 5.55. The van der Waals surface area contributed by atoms with Crippen molar-refractivity contribution >= 4 is 5.69 Å². The van der Waals surface area contributed by atoms with Crippen LogP contribution < -0.4 is 10.5 Å². The fourth-order valence-electron chi connectivity index (χ4n) is 1.75. The lowest BCUT2D eigenvalue weighted by molar-refractivity contribution is 0.184. The lowest BCUT2D eigenvalue weighted by Gasteiger charge is -2.11. The molecule has 0 bridgehead atoms. The van der Waals surface area contributed by atoms with Gasteiger partial charge in [0, 0.05) is 13.2 Å². The average molecular weight is 261 g/mol. The number of anilines is 1. The van der Waals surface area contributed by atoms with Gasteiger partial charge < -0.3 is 15.2 Å². The second-order valence-corrected chi connectivity index (χ2v) is 4.32. The monoisotopic (exact) mass is 261 g/mol. The Morgan fingerprint density at radius 1 is 1.21 bits per heavy atom. The molecule has 2 aromatic carbocycles. The molecule has 0 atom stereocenters. The number of rotatable bonds is 4. The standard InChI is InChI=1S/C15H16FNO2/c1-10-6-15(14(17)8-13(10)16)19-12-5-3-4-11(7-12)9-18-2/h3-8H,9,17H2,1-2H3. The minimum Gasteiger partial charge on any atom is -0.455 e. The van der Waals surface area contributed by atoms with Gasteiger partial charge in [0.2, 0.25) is 0 Å². The fraction of sp³-hybridized carbons (Fsp3) is 0.200. The Labute approximate surface area is 111 Å². The topological polar surface area (TPSA) is 44.5 Å². The molecule has 2 N–H and O–H groups in total. The van der Waals surface area contributed by atoms with Crippen LogP contribution in [0.5, 0.6) is 11.5 Å². The summed E-state index contributed by atoms with van der Waals surface area (Å²) in [6.45, 7) is 2.18. The second-order valence-electron chi connectivity index (χ2n) is 4.32. The molecule has 3 nitrogen and oxygen atoms in total. The first-order valence-electron chi connectivity index (χ1n) is 5.91. The van der Waals surface area contributed by atoms with Crippen molar-refractivity contribution in [3.8, 4) is 11.5 Å². The molecule has 2 aromatic rings. The summed E-state index contributed by atoms with van der Waals surface area (Å²) in [4.78, 5) is 0. The maximum Gasteiger partial charge on any atom is 0.150 e. The summed E-state index contributed by atoms with van der Waals surface area (Å²) < 4.78 is 24.1. The van der Waals surface area contributed by atoms with Gasteiger partial charge in [-0.25, -0.2) is 4.39 Å². The van der Waals surface area contributed by atoms with Gasteiger partial charge in [0.15, 0.2) is 5.75 Å². The molecule has 4 heteroatoms. The van der Waals surface area contributed by atoms with Crippen LogP contribution in [-0.4, -0.2) is 7.11 Å². The van der Waals surface area contributed by atoms with Gasteiger partial charge in [-0.3, -0.25) is 0 Å². The van der Waals surface area contributed by atoms with Crippen molar-refractivity contribution in [3.63, 3.8) is 0 Å². The predicted octanol–water partition coefficient (Wildman–Crippen LogP) is 3.66. The first-order valence-corrected chi connectivity index (χ1v) is 5.91. The number of methoxy groups -OCH3 is 1. The van der Waals surface area contributed by atoms with Crippen LogP contribution >= 0.6 is 0 Å². The Morgan fingerprint density at radius 3 is 2.74 bits per heavy atom. The molecular weight excluding hydrogens is 245 g/mol. The van der Waals surface area contributed by atoms with E-state index in [1.165, 1.54) is 6.07 Å². The molecule has 0 unspecified atom stereocenters.